The van der Waals surface area contributed by atoms with Crippen molar-refractivity contribution in [3.63, 3.8) is 0 Å². The molecule has 1 fully saturated rings. The zero-order valence-electron chi connectivity index (χ0n) is 7.53. The van der Waals surface area contributed by atoms with Crippen LogP contribution in [-0.2, 0) is 9.59 Å². The van der Waals surface area contributed by atoms with Crippen LogP contribution in [0.4, 0.5) is 0 Å². The first kappa shape index (κ1) is 9.98. The zero-order chi connectivity index (χ0) is 9.84. The van der Waals surface area contributed by atoms with Crippen LogP contribution in [0, 0.1) is 0 Å². The molecule has 1 atom stereocenters. The van der Waals surface area contributed by atoms with Crippen LogP contribution in [0.3, 0.4) is 0 Å². The van der Waals surface area contributed by atoms with Gasteiger partial charge in [0.05, 0.1) is 12.5 Å². The Morgan fingerprint density at radius 2 is 1.85 bits per heavy atom. The molecule has 0 radical (unpaired) electrons. The first-order valence-corrected chi connectivity index (χ1v) is 4.44. The number of carbonyl (C=O) groups is 2. The van der Waals surface area contributed by atoms with Crippen LogP contribution in [0.5, 0.6) is 0 Å². The van der Waals surface area contributed by atoms with Crippen LogP contribution in [0.2, 0.25) is 0 Å². The SMILES string of the molecule is NC(=O)C(N)CC(=O)N1CCCC1. The van der Waals surface area contributed by atoms with E-state index >= 15 is 0 Å². The van der Waals surface area contributed by atoms with Crippen molar-refractivity contribution in [3.05, 3.63) is 0 Å². The summed E-state index contributed by atoms with van der Waals surface area (Å²) in [6, 6.07) is -0.840. The van der Waals surface area contributed by atoms with Crippen molar-refractivity contribution in [2.24, 2.45) is 11.5 Å². The molecule has 1 rings (SSSR count). The quantitative estimate of drug-likeness (QED) is 0.579. The maximum Gasteiger partial charge on any atom is 0.234 e. The van der Waals surface area contributed by atoms with Crippen LogP contribution in [0.15, 0.2) is 0 Å². The number of rotatable bonds is 3. The second-order valence-corrected chi connectivity index (χ2v) is 3.30. The van der Waals surface area contributed by atoms with Gasteiger partial charge in [0, 0.05) is 13.1 Å². The van der Waals surface area contributed by atoms with E-state index in [1.165, 1.54) is 0 Å². The third-order valence-corrected chi connectivity index (χ3v) is 2.22. The number of hydrogen-bond acceptors (Lipinski definition) is 3. The molecule has 0 aromatic heterocycles. The van der Waals surface area contributed by atoms with E-state index in [1.807, 2.05) is 0 Å². The van der Waals surface area contributed by atoms with Gasteiger partial charge in [-0.15, -0.1) is 0 Å². The van der Waals surface area contributed by atoms with Crippen molar-refractivity contribution in [2.45, 2.75) is 25.3 Å². The van der Waals surface area contributed by atoms with Crippen LogP contribution in [-0.4, -0.2) is 35.8 Å². The lowest BCUT2D eigenvalue weighted by Gasteiger charge is -2.16. The summed E-state index contributed by atoms with van der Waals surface area (Å²) in [6.45, 7) is 1.56. The van der Waals surface area contributed by atoms with Gasteiger partial charge in [-0.25, -0.2) is 0 Å². The molecule has 1 aliphatic rings. The third kappa shape index (κ3) is 2.69. The highest BCUT2D eigenvalue weighted by Gasteiger charge is 2.21. The fourth-order valence-electron chi connectivity index (χ4n) is 1.38. The zero-order valence-corrected chi connectivity index (χ0v) is 7.53. The van der Waals surface area contributed by atoms with Crippen LogP contribution < -0.4 is 11.5 Å². The monoisotopic (exact) mass is 185 g/mol. The lowest BCUT2D eigenvalue weighted by Crippen LogP contribution is -2.41. The molecule has 0 spiro atoms. The average Bonchev–Trinajstić information content (AvgIpc) is 2.55. The number of nitrogens with two attached hydrogens (primary N) is 2. The van der Waals surface area contributed by atoms with Gasteiger partial charge in [-0.1, -0.05) is 0 Å². The highest BCUT2D eigenvalue weighted by molar-refractivity contribution is 5.87. The van der Waals surface area contributed by atoms with E-state index in [2.05, 4.69) is 0 Å². The van der Waals surface area contributed by atoms with Crippen molar-refractivity contribution in [3.8, 4) is 0 Å². The topological polar surface area (TPSA) is 89.4 Å². The maximum atomic E-state index is 11.4. The lowest BCUT2D eigenvalue weighted by molar-refractivity contribution is -0.132. The molecule has 0 saturated carbocycles. The Morgan fingerprint density at radius 3 is 2.31 bits per heavy atom. The minimum atomic E-state index is -0.840. The lowest BCUT2D eigenvalue weighted by atomic mass is 10.2. The average molecular weight is 185 g/mol. The molecule has 0 aliphatic carbocycles. The van der Waals surface area contributed by atoms with Crippen molar-refractivity contribution in [1.82, 2.24) is 4.90 Å². The number of nitrogens with zero attached hydrogens (tertiary/aromatic N) is 1. The molecule has 0 aromatic rings. The Bertz CT molecular complexity index is 211. The standard InChI is InChI=1S/C8H15N3O2/c9-6(8(10)13)5-7(12)11-3-1-2-4-11/h6H,1-5,9H2,(H2,10,13). The van der Waals surface area contributed by atoms with Gasteiger partial charge >= 0.3 is 0 Å². The summed E-state index contributed by atoms with van der Waals surface area (Å²) in [5, 5.41) is 0. The Morgan fingerprint density at radius 1 is 1.31 bits per heavy atom. The Balaban J connectivity index is 2.35. The molecule has 5 heteroatoms. The minimum Gasteiger partial charge on any atom is -0.368 e. The van der Waals surface area contributed by atoms with Crippen molar-refractivity contribution in [2.75, 3.05) is 13.1 Å². The summed E-state index contributed by atoms with van der Waals surface area (Å²) in [6.07, 6.45) is 2.12. The second kappa shape index (κ2) is 4.23. The number of amides is 2. The molecule has 13 heavy (non-hydrogen) atoms. The van der Waals surface area contributed by atoms with E-state index in [0.717, 1.165) is 25.9 Å². The second-order valence-electron chi connectivity index (χ2n) is 3.30. The van der Waals surface area contributed by atoms with E-state index in [0.29, 0.717) is 0 Å². The fraction of sp³-hybridized carbons (Fsp3) is 0.750. The normalized spacial score (nSPS) is 18.7. The number of hydrogen-bond donors (Lipinski definition) is 2. The van der Waals surface area contributed by atoms with Crippen molar-refractivity contribution in [1.29, 1.82) is 0 Å². The summed E-state index contributed by atoms with van der Waals surface area (Å²) in [4.78, 5) is 23.7. The molecule has 5 nitrogen and oxygen atoms in total. The third-order valence-electron chi connectivity index (χ3n) is 2.22. The van der Waals surface area contributed by atoms with Crippen molar-refractivity contribution < 1.29 is 9.59 Å². The summed E-state index contributed by atoms with van der Waals surface area (Å²) < 4.78 is 0. The van der Waals surface area contributed by atoms with E-state index in [-0.39, 0.29) is 12.3 Å². The smallest absolute Gasteiger partial charge is 0.234 e. The summed E-state index contributed by atoms with van der Waals surface area (Å²) in [7, 11) is 0. The largest absolute Gasteiger partial charge is 0.368 e. The van der Waals surface area contributed by atoms with E-state index in [4.69, 9.17) is 11.5 Å². The van der Waals surface area contributed by atoms with Gasteiger partial charge in [0.1, 0.15) is 0 Å². The van der Waals surface area contributed by atoms with E-state index < -0.39 is 11.9 Å². The van der Waals surface area contributed by atoms with Gasteiger partial charge in [-0.3, -0.25) is 9.59 Å². The predicted molar refractivity (Wildman–Crippen MR) is 47.6 cm³/mol. The summed E-state index contributed by atoms with van der Waals surface area (Å²) in [5.41, 5.74) is 10.3. The summed E-state index contributed by atoms with van der Waals surface area (Å²) in [5.74, 6) is -0.684. The number of primary amides is 1. The molecule has 1 aliphatic heterocycles. The number of carbonyl (C=O) groups excluding carboxylic acids is 2. The Labute approximate surface area is 77.1 Å². The highest BCUT2D eigenvalue weighted by atomic mass is 16.2. The Hall–Kier alpha value is -1.10. The first-order valence-electron chi connectivity index (χ1n) is 4.44. The van der Waals surface area contributed by atoms with Gasteiger partial charge in [0.15, 0.2) is 0 Å². The van der Waals surface area contributed by atoms with Gasteiger partial charge in [-0.2, -0.15) is 0 Å². The molecule has 4 N–H and O–H groups in total. The van der Waals surface area contributed by atoms with Gasteiger partial charge in [0.25, 0.3) is 0 Å². The van der Waals surface area contributed by atoms with Crippen molar-refractivity contribution >= 4 is 11.8 Å². The molecule has 0 aromatic carbocycles. The van der Waals surface area contributed by atoms with Gasteiger partial charge in [0.2, 0.25) is 11.8 Å². The van der Waals surface area contributed by atoms with Crippen LogP contribution in [0.25, 0.3) is 0 Å². The molecule has 2 amide bonds. The molecule has 74 valence electrons. The van der Waals surface area contributed by atoms with Gasteiger partial charge < -0.3 is 16.4 Å². The molecular formula is C8H15N3O2. The maximum absolute atomic E-state index is 11.4. The fourth-order valence-corrected chi connectivity index (χ4v) is 1.38. The first-order chi connectivity index (χ1) is 6.11. The molecular weight excluding hydrogens is 170 g/mol. The summed E-state index contributed by atoms with van der Waals surface area (Å²) >= 11 is 0. The van der Waals surface area contributed by atoms with Crippen LogP contribution in [0.1, 0.15) is 19.3 Å². The number of likely N-dealkylation sites (tertiary alicyclic amines) is 1. The highest BCUT2D eigenvalue weighted by Crippen LogP contribution is 2.09. The molecule has 0 bridgehead atoms. The predicted octanol–water partition coefficient (Wildman–Crippen LogP) is -1.19. The molecule has 1 saturated heterocycles. The minimum absolute atomic E-state index is 0.0370. The van der Waals surface area contributed by atoms with E-state index in [9.17, 15) is 9.59 Å². The van der Waals surface area contributed by atoms with Crippen LogP contribution >= 0.6 is 0 Å². The van der Waals surface area contributed by atoms with E-state index in [1.54, 1.807) is 4.90 Å². The molecule has 1 unspecified atom stereocenters. The van der Waals surface area contributed by atoms with Gasteiger partial charge in [-0.05, 0) is 12.8 Å². The molecule has 1 heterocycles. The Kier molecular flexibility index (Phi) is 3.25.